The van der Waals surface area contributed by atoms with Crippen LogP contribution in [0.2, 0.25) is 0 Å². The summed E-state index contributed by atoms with van der Waals surface area (Å²) < 4.78 is 0. The quantitative estimate of drug-likeness (QED) is 0.609. The van der Waals surface area contributed by atoms with E-state index in [4.69, 9.17) is 0 Å². The molecule has 15 heavy (non-hydrogen) atoms. The Kier molecular flexibility index (Phi) is 2.59. The van der Waals surface area contributed by atoms with Gasteiger partial charge in [0.2, 0.25) is 5.91 Å². The highest BCUT2D eigenvalue weighted by atomic mass is 32.2. The highest BCUT2D eigenvalue weighted by Crippen LogP contribution is 2.35. The van der Waals surface area contributed by atoms with Crippen molar-refractivity contribution in [2.45, 2.75) is 5.37 Å². The summed E-state index contributed by atoms with van der Waals surface area (Å²) in [4.78, 5) is 21.3. The molecule has 0 saturated carbocycles. The summed E-state index contributed by atoms with van der Waals surface area (Å²) in [5, 5.41) is 13.1. The van der Waals surface area contributed by atoms with Gasteiger partial charge in [-0.15, -0.1) is 11.8 Å². The van der Waals surface area contributed by atoms with Gasteiger partial charge in [-0.25, -0.2) is 0 Å². The van der Waals surface area contributed by atoms with E-state index in [9.17, 15) is 14.9 Å². The number of nitrogens with zero attached hydrogens (tertiary/aromatic N) is 1. The third-order valence-corrected chi connectivity index (χ3v) is 3.22. The summed E-state index contributed by atoms with van der Waals surface area (Å²) in [5.41, 5.74) is 0.607. The van der Waals surface area contributed by atoms with Crippen molar-refractivity contribution < 1.29 is 9.72 Å². The summed E-state index contributed by atoms with van der Waals surface area (Å²) in [7, 11) is 0. The van der Waals surface area contributed by atoms with E-state index < -0.39 is 4.92 Å². The third kappa shape index (κ3) is 1.94. The molecule has 1 fully saturated rings. The Bertz CT molecular complexity index is 422. The Morgan fingerprint density at radius 3 is 2.80 bits per heavy atom. The van der Waals surface area contributed by atoms with Crippen LogP contribution >= 0.6 is 11.8 Å². The molecule has 5 nitrogen and oxygen atoms in total. The Hall–Kier alpha value is -1.56. The Morgan fingerprint density at radius 1 is 1.47 bits per heavy atom. The molecule has 0 bridgehead atoms. The topological polar surface area (TPSA) is 72.2 Å². The first kappa shape index (κ1) is 9.97. The van der Waals surface area contributed by atoms with E-state index >= 15 is 0 Å². The zero-order valence-electron chi connectivity index (χ0n) is 7.67. The summed E-state index contributed by atoms with van der Waals surface area (Å²) in [6.07, 6.45) is 0. The number of hydrogen-bond acceptors (Lipinski definition) is 4. The van der Waals surface area contributed by atoms with Gasteiger partial charge in [0.1, 0.15) is 5.37 Å². The van der Waals surface area contributed by atoms with Crippen LogP contribution in [0, 0.1) is 10.1 Å². The van der Waals surface area contributed by atoms with Crippen LogP contribution in [0.25, 0.3) is 0 Å². The molecule has 0 spiro atoms. The molecule has 1 aliphatic rings. The molecule has 1 N–H and O–H groups in total. The summed E-state index contributed by atoms with van der Waals surface area (Å²) in [6, 6.07) is 6.46. The summed E-state index contributed by atoms with van der Waals surface area (Å²) >= 11 is 1.37. The second-order valence-electron chi connectivity index (χ2n) is 3.07. The average molecular weight is 224 g/mol. The molecule has 1 aromatic carbocycles. The number of nitrogens with one attached hydrogen (secondary N) is 1. The van der Waals surface area contributed by atoms with Gasteiger partial charge in [-0.3, -0.25) is 14.9 Å². The van der Waals surface area contributed by atoms with E-state index in [-0.39, 0.29) is 17.0 Å². The largest absolute Gasteiger partial charge is 0.339 e. The van der Waals surface area contributed by atoms with E-state index in [2.05, 4.69) is 5.32 Å². The van der Waals surface area contributed by atoms with E-state index in [1.165, 1.54) is 17.8 Å². The van der Waals surface area contributed by atoms with Gasteiger partial charge in [-0.2, -0.15) is 0 Å². The number of nitro benzene ring substituents is 1. The van der Waals surface area contributed by atoms with Gasteiger partial charge >= 0.3 is 0 Å². The fourth-order valence-electron chi connectivity index (χ4n) is 1.43. The number of thioether (sulfide) groups is 1. The molecule has 1 aromatic rings. The number of carbonyl (C=O) groups is 1. The van der Waals surface area contributed by atoms with Crippen LogP contribution in [0.1, 0.15) is 10.9 Å². The zero-order valence-corrected chi connectivity index (χ0v) is 8.49. The average Bonchev–Trinajstić information content (AvgIpc) is 2.65. The SMILES string of the molecule is O=C1CSC(c2ccccc2[N+](=O)[O-])N1. The lowest BCUT2D eigenvalue weighted by Gasteiger charge is -2.09. The molecule has 2 rings (SSSR count). The van der Waals surface area contributed by atoms with E-state index in [0.717, 1.165) is 0 Å². The maximum atomic E-state index is 11.0. The molecule has 78 valence electrons. The van der Waals surface area contributed by atoms with Crippen LogP contribution in [0.3, 0.4) is 0 Å². The first-order chi connectivity index (χ1) is 7.18. The minimum atomic E-state index is -0.430. The Morgan fingerprint density at radius 2 is 2.20 bits per heavy atom. The van der Waals surface area contributed by atoms with Gasteiger partial charge in [0.25, 0.3) is 5.69 Å². The van der Waals surface area contributed by atoms with E-state index in [0.29, 0.717) is 11.3 Å². The van der Waals surface area contributed by atoms with Gasteiger partial charge in [0, 0.05) is 6.07 Å². The Balaban J connectivity index is 2.35. The number of hydrogen-bond donors (Lipinski definition) is 1. The Labute approximate surface area is 90.0 Å². The minimum Gasteiger partial charge on any atom is -0.339 e. The first-order valence-electron chi connectivity index (χ1n) is 4.33. The van der Waals surface area contributed by atoms with Crippen LogP contribution < -0.4 is 5.32 Å². The lowest BCUT2D eigenvalue weighted by atomic mass is 10.2. The number of carbonyl (C=O) groups excluding carboxylic acids is 1. The van der Waals surface area contributed by atoms with Crippen molar-refractivity contribution >= 4 is 23.4 Å². The van der Waals surface area contributed by atoms with E-state index in [1.807, 2.05) is 0 Å². The summed E-state index contributed by atoms with van der Waals surface area (Å²) in [6.45, 7) is 0. The zero-order chi connectivity index (χ0) is 10.8. The van der Waals surface area contributed by atoms with Crippen molar-refractivity contribution in [1.82, 2.24) is 5.32 Å². The second kappa shape index (κ2) is 3.90. The molecule has 1 aliphatic heterocycles. The molecule has 6 heteroatoms. The smallest absolute Gasteiger partial charge is 0.275 e. The van der Waals surface area contributed by atoms with Crippen molar-refractivity contribution in [3.8, 4) is 0 Å². The molecule has 1 unspecified atom stereocenters. The maximum absolute atomic E-state index is 11.0. The number of para-hydroxylation sites is 1. The van der Waals surface area contributed by atoms with Crippen LogP contribution in [-0.2, 0) is 4.79 Å². The lowest BCUT2D eigenvalue weighted by molar-refractivity contribution is -0.385. The fourth-order valence-corrected chi connectivity index (χ4v) is 2.43. The molecule has 0 aliphatic carbocycles. The van der Waals surface area contributed by atoms with Gasteiger partial charge in [-0.05, 0) is 6.07 Å². The van der Waals surface area contributed by atoms with Gasteiger partial charge < -0.3 is 5.32 Å². The molecule has 1 amide bonds. The molecular formula is C9H8N2O3S. The normalized spacial score (nSPS) is 20.0. The van der Waals surface area contributed by atoms with E-state index in [1.54, 1.807) is 18.2 Å². The van der Waals surface area contributed by atoms with Crippen molar-refractivity contribution in [1.29, 1.82) is 0 Å². The number of amides is 1. The highest BCUT2D eigenvalue weighted by molar-refractivity contribution is 8.00. The van der Waals surface area contributed by atoms with Gasteiger partial charge in [0.15, 0.2) is 0 Å². The van der Waals surface area contributed by atoms with Crippen molar-refractivity contribution in [3.63, 3.8) is 0 Å². The van der Waals surface area contributed by atoms with Crippen molar-refractivity contribution in [3.05, 3.63) is 39.9 Å². The minimum absolute atomic E-state index is 0.0530. The number of nitro groups is 1. The first-order valence-corrected chi connectivity index (χ1v) is 5.37. The molecular weight excluding hydrogens is 216 g/mol. The van der Waals surface area contributed by atoms with Gasteiger partial charge in [-0.1, -0.05) is 12.1 Å². The third-order valence-electron chi connectivity index (χ3n) is 2.09. The van der Waals surface area contributed by atoms with Crippen LogP contribution in [-0.4, -0.2) is 16.6 Å². The van der Waals surface area contributed by atoms with Crippen LogP contribution in [0.15, 0.2) is 24.3 Å². The summed E-state index contributed by atoms with van der Waals surface area (Å²) in [5.74, 6) is 0.277. The number of rotatable bonds is 2. The second-order valence-corrected chi connectivity index (χ2v) is 4.17. The maximum Gasteiger partial charge on any atom is 0.275 e. The lowest BCUT2D eigenvalue weighted by Crippen LogP contribution is -2.19. The molecule has 0 aromatic heterocycles. The van der Waals surface area contributed by atoms with Crippen molar-refractivity contribution in [2.24, 2.45) is 0 Å². The molecule has 0 radical (unpaired) electrons. The monoisotopic (exact) mass is 224 g/mol. The predicted octanol–water partition coefficient (Wildman–Crippen LogP) is 1.46. The molecule has 1 atom stereocenters. The highest BCUT2D eigenvalue weighted by Gasteiger charge is 2.28. The predicted molar refractivity (Wildman–Crippen MR) is 56.4 cm³/mol. The number of benzene rings is 1. The molecule has 1 saturated heterocycles. The van der Waals surface area contributed by atoms with Crippen molar-refractivity contribution in [2.75, 3.05) is 5.75 Å². The molecule has 1 heterocycles. The van der Waals surface area contributed by atoms with Crippen LogP contribution in [0.4, 0.5) is 5.69 Å². The van der Waals surface area contributed by atoms with Crippen LogP contribution in [0.5, 0.6) is 0 Å². The van der Waals surface area contributed by atoms with Gasteiger partial charge in [0.05, 0.1) is 16.2 Å². The standard InChI is InChI=1S/C9H8N2O3S/c12-8-5-15-9(10-8)6-3-1-2-4-7(6)11(13)14/h1-4,9H,5H2,(H,10,12). The fraction of sp³-hybridized carbons (Fsp3) is 0.222.